The van der Waals surface area contributed by atoms with Crippen LogP contribution in [0.3, 0.4) is 0 Å². The number of carbonyl (C=O) groups is 3. The summed E-state index contributed by atoms with van der Waals surface area (Å²) >= 11 is 1.10. The van der Waals surface area contributed by atoms with Gasteiger partial charge in [-0.1, -0.05) is 16.9 Å². The highest BCUT2D eigenvalue weighted by Gasteiger charge is 2.54. The molecule has 0 aromatic carbocycles. The Bertz CT molecular complexity index is 1120. The van der Waals surface area contributed by atoms with Crippen LogP contribution in [0.2, 0.25) is 0 Å². The number of carbonyl (C=O) groups excluding carboxylic acids is 2. The van der Waals surface area contributed by atoms with Crippen LogP contribution in [-0.2, 0) is 36.1 Å². The normalized spacial score (nSPS) is 23.5. The first-order valence-corrected chi connectivity index (χ1v) is 11.5. The molecule has 33 heavy (non-hydrogen) atoms. The molecule has 0 aliphatic carbocycles. The number of amides is 2. The van der Waals surface area contributed by atoms with E-state index in [1.807, 2.05) is 0 Å². The third kappa shape index (κ3) is 5.24. The highest BCUT2D eigenvalue weighted by molar-refractivity contribution is 8.02. The predicted octanol–water partition coefficient (Wildman–Crippen LogP) is -2.57. The molecule has 2 aliphatic rings. The van der Waals surface area contributed by atoms with Gasteiger partial charge in [-0.3, -0.25) is 18.8 Å². The van der Waals surface area contributed by atoms with Crippen molar-refractivity contribution in [2.45, 2.75) is 43.6 Å². The number of aliphatic carboxylic acids is 1. The van der Waals surface area contributed by atoms with Crippen molar-refractivity contribution in [1.29, 1.82) is 0 Å². The minimum absolute atomic E-state index is 0.0948. The summed E-state index contributed by atoms with van der Waals surface area (Å²) < 4.78 is 34.0. The molecular weight excluding hydrogens is 484 g/mol. The molecule has 2 aliphatic heterocycles. The summed E-state index contributed by atoms with van der Waals surface area (Å²) in [6, 6.07) is -2.61. The first kappa shape index (κ1) is 24.4. The van der Waals surface area contributed by atoms with Gasteiger partial charge in [-0.2, -0.15) is 13.5 Å². The molecule has 0 saturated carbocycles. The lowest BCUT2D eigenvalue weighted by atomic mass is 9.98. The quantitative estimate of drug-likeness (QED) is 0.101. The van der Waals surface area contributed by atoms with Crippen LogP contribution < -0.4 is 16.4 Å². The highest BCUT2D eigenvalue weighted by Crippen LogP contribution is 2.26. The van der Waals surface area contributed by atoms with Crippen molar-refractivity contribution >= 4 is 45.6 Å². The van der Waals surface area contributed by atoms with Crippen molar-refractivity contribution in [3.63, 3.8) is 0 Å². The van der Waals surface area contributed by atoms with E-state index in [0.29, 0.717) is 0 Å². The van der Waals surface area contributed by atoms with E-state index < -0.39 is 57.0 Å². The van der Waals surface area contributed by atoms with Gasteiger partial charge in [0.1, 0.15) is 24.2 Å². The average molecular weight is 505 g/mol. The SMILES string of the molecule is CC(C)(O/N=C(\C(=O)NC1C(=O)N(S(=O)(=O)O)C1Cn1cncn1)C1=CSC(N)N1)C(=O)O. The van der Waals surface area contributed by atoms with Gasteiger partial charge in [0.2, 0.25) is 5.60 Å². The first-order chi connectivity index (χ1) is 15.3. The van der Waals surface area contributed by atoms with E-state index in [2.05, 4.69) is 25.9 Å². The van der Waals surface area contributed by atoms with Crippen LogP contribution >= 0.6 is 11.8 Å². The molecule has 2 amide bonds. The van der Waals surface area contributed by atoms with Gasteiger partial charge in [0.15, 0.2) is 5.71 Å². The first-order valence-electron chi connectivity index (χ1n) is 9.13. The molecule has 1 aromatic rings. The predicted molar refractivity (Wildman–Crippen MR) is 111 cm³/mol. The van der Waals surface area contributed by atoms with Gasteiger partial charge in [0.05, 0.1) is 18.3 Å². The number of carboxylic acids is 1. The van der Waals surface area contributed by atoms with Crippen LogP contribution in [0.1, 0.15) is 13.8 Å². The van der Waals surface area contributed by atoms with Gasteiger partial charge in [0, 0.05) is 5.41 Å². The average Bonchev–Trinajstić information content (AvgIpc) is 3.36. The number of hydrogen-bond donors (Lipinski definition) is 5. The van der Waals surface area contributed by atoms with Crippen LogP contribution in [0.5, 0.6) is 0 Å². The molecule has 0 spiro atoms. The zero-order valence-electron chi connectivity index (χ0n) is 17.1. The number of nitrogens with one attached hydrogen (secondary N) is 2. The molecule has 16 nitrogen and oxygen atoms in total. The van der Waals surface area contributed by atoms with Gasteiger partial charge in [-0.15, -0.1) is 0 Å². The van der Waals surface area contributed by atoms with Gasteiger partial charge in [0.25, 0.3) is 11.8 Å². The maximum absolute atomic E-state index is 13.0. The molecule has 3 heterocycles. The van der Waals surface area contributed by atoms with Crippen LogP contribution in [-0.4, -0.2) is 83.8 Å². The number of hydrogen-bond acceptors (Lipinski definition) is 12. The summed E-state index contributed by atoms with van der Waals surface area (Å²) in [5, 5.41) is 23.2. The van der Waals surface area contributed by atoms with E-state index >= 15 is 0 Å². The molecule has 0 radical (unpaired) electrons. The Hall–Kier alpha value is -3.22. The van der Waals surface area contributed by atoms with Crippen molar-refractivity contribution in [2.75, 3.05) is 0 Å². The van der Waals surface area contributed by atoms with Crippen LogP contribution in [0.15, 0.2) is 28.9 Å². The summed E-state index contributed by atoms with van der Waals surface area (Å²) in [6.45, 7) is 2.20. The summed E-state index contributed by atoms with van der Waals surface area (Å²) in [6.07, 6.45) is 2.43. The van der Waals surface area contributed by atoms with Crippen LogP contribution in [0.25, 0.3) is 0 Å². The van der Waals surface area contributed by atoms with Crippen molar-refractivity contribution in [3.8, 4) is 0 Å². The fraction of sp³-hybridized carbons (Fsp3) is 0.467. The highest BCUT2D eigenvalue weighted by atomic mass is 32.2. The topological polar surface area (TPSA) is 231 Å². The smallest absolute Gasteiger partial charge is 0.362 e. The second-order valence-corrected chi connectivity index (χ2v) is 9.63. The van der Waals surface area contributed by atoms with Crippen LogP contribution in [0, 0.1) is 0 Å². The van der Waals surface area contributed by atoms with Gasteiger partial charge in [-0.05, 0) is 13.8 Å². The van der Waals surface area contributed by atoms with Crippen LogP contribution in [0.4, 0.5) is 0 Å². The van der Waals surface area contributed by atoms with E-state index in [0.717, 1.165) is 11.8 Å². The lowest BCUT2D eigenvalue weighted by Crippen LogP contribution is -2.73. The number of rotatable bonds is 9. The van der Waals surface area contributed by atoms with E-state index in [9.17, 15) is 32.5 Å². The number of thioether (sulfide) groups is 1. The Balaban J connectivity index is 1.85. The molecule has 3 unspecified atom stereocenters. The van der Waals surface area contributed by atoms with Crippen molar-refractivity contribution in [1.82, 2.24) is 29.7 Å². The number of nitrogens with two attached hydrogens (primary N) is 1. The maximum Gasteiger partial charge on any atom is 0.362 e. The van der Waals surface area contributed by atoms with Gasteiger partial charge < -0.3 is 26.3 Å². The van der Waals surface area contributed by atoms with Gasteiger partial charge >= 0.3 is 16.3 Å². The van der Waals surface area contributed by atoms with E-state index in [1.165, 1.54) is 36.6 Å². The lowest BCUT2D eigenvalue weighted by molar-refractivity contribution is -0.161. The Morgan fingerprint density at radius 1 is 1.45 bits per heavy atom. The molecule has 3 rings (SSSR count). The standard InChI is InChI=1S/C15H20N8O8S2/c1-15(2,13(26)27)31-21-9(7-4-32-14(16)19-7)11(24)20-10-8(3-22-6-17-5-18-22)23(12(10)25)33(28,29)30/h4-6,8,10,14,19H,3,16H2,1-2H3,(H,20,24)(H,26,27)(H,28,29,30)/b21-9-. The number of nitrogens with zero attached hydrogens (tertiary/aromatic N) is 5. The zero-order chi connectivity index (χ0) is 24.6. The molecule has 18 heteroatoms. The van der Waals surface area contributed by atoms with Gasteiger partial charge in [-0.25, -0.2) is 14.1 Å². The fourth-order valence-corrected chi connectivity index (χ4v) is 4.30. The molecule has 3 atom stereocenters. The molecule has 1 fully saturated rings. The third-order valence-corrected chi connectivity index (χ3v) is 6.26. The molecule has 1 aromatic heterocycles. The minimum Gasteiger partial charge on any atom is -0.478 e. The summed E-state index contributed by atoms with van der Waals surface area (Å²) in [5.41, 5.74) is 2.98. The molecule has 0 bridgehead atoms. The second kappa shape index (κ2) is 8.96. The Morgan fingerprint density at radius 3 is 2.67 bits per heavy atom. The summed E-state index contributed by atoms with van der Waals surface area (Å²) in [7, 11) is -4.91. The number of aromatic nitrogens is 3. The lowest BCUT2D eigenvalue weighted by Gasteiger charge is -2.43. The largest absolute Gasteiger partial charge is 0.478 e. The number of β-lactam (4-membered cyclic amide) rings is 1. The minimum atomic E-state index is -4.91. The van der Waals surface area contributed by atoms with Crippen molar-refractivity contribution in [2.24, 2.45) is 10.9 Å². The zero-order valence-corrected chi connectivity index (χ0v) is 18.8. The number of carboxylic acid groups (broad SMARTS) is 1. The molecular formula is C15H20N8O8S2. The molecule has 6 N–H and O–H groups in total. The molecule has 1 saturated heterocycles. The maximum atomic E-state index is 13.0. The second-order valence-electron chi connectivity index (χ2n) is 7.33. The van der Waals surface area contributed by atoms with Crippen molar-refractivity contribution < 1.29 is 37.3 Å². The Kier molecular flexibility index (Phi) is 6.63. The molecule has 180 valence electrons. The van der Waals surface area contributed by atoms with E-state index in [-0.39, 0.29) is 16.5 Å². The summed E-state index contributed by atoms with van der Waals surface area (Å²) in [5.74, 6) is -3.43. The summed E-state index contributed by atoms with van der Waals surface area (Å²) in [4.78, 5) is 45.4. The Labute approximate surface area is 191 Å². The fourth-order valence-electron chi connectivity index (χ4n) is 2.77. The van der Waals surface area contributed by atoms with E-state index in [1.54, 1.807) is 0 Å². The Morgan fingerprint density at radius 2 is 2.15 bits per heavy atom. The monoisotopic (exact) mass is 504 g/mol. The van der Waals surface area contributed by atoms with E-state index in [4.69, 9.17) is 10.6 Å². The number of oxime groups is 1. The third-order valence-electron chi connectivity index (χ3n) is 4.53. The van der Waals surface area contributed by atoms with Crippen molar-refractivity contribution in [3.05, 3.63) is 23.8 Å².